The van der Waals surface area contributed by atoms with Crippen LogP contribution in [0.1, 0.15) is 166 Å². The van der Waals surface area contributed by atoms with Crippen molar-refractivity contribution < 1.29 is 9.50 Å². The van der Waals surface area contributed by atoms with E-state index in [0.29, 0.717) is 52.9 Å². The van der Waals surface area contributed by atoms with Crippen molar-refractivity contribution in [1.29, 1.82) is 0 Å². The van der Waals surface area contributed by atoms with Gasteiger partial charge in [0.05, 0.1) is 47.5 Å². The monoisotopic (exact) mass is 1760 g/mol. The maximum absolute atomic E-state index is 13.8. The second-order valence-corrected chi connectivity index (χ2v) is 34.9. The van der Waals surface area contributed by atoms with Crippen LogP contribution >= 0.6 is 0 Å². The Labute approximate surface area is 771 Å². The summed E-state index contributed by atoms with van der Waals surface area (Å²) in [4.78, 5) is 54.5. The molecule has 0 amide bonds. The fourth-order valence-electron chi connectivity index (χ4n) is 17.9. The molecule has 133 heavy (non-hydrogen) atoms. The zero-order chi connectivity index (χ0) is 91.0. The van der Waals surface area contributed by atoms with E-state index < -0.39 is 5.82 Å². The Morgan fingerprint density at radius 3 is 1.29 bits per heavy atom. The van der Waals surface area contributed by atoms with Gasteiger partial charge in [-0.15, -0.1) is 6.42 Å². The van der Waals surface area contributed by atoms with E-state index in [1.54, 1.807) is 18.6 Å². The van der Waals surface area contributed by atoms with Gasteiger partial charge in [0.15, 0.2) is 28.4 Å². The molecule has 668 valence electrons. The number of terminal acetylenes is 1. The van der Waals surface area contributed by atoms with Crippen molar-refractivity contribution in [2.45, 2.75) is 136 Å². The third kappa shape index (κ3) is 18.5. The van der Waals surface area contributed by atoms with Gasteiger partial charge in [0.2, 0.25) is 0 Å². The first kappa shape index (κ1) is 86.9. The summed E-state index contributed by atoms with van der Waals surface area (Å²) in [6.45, 7) is 18.5. The van der Waals surface area contributed by atoms with Gasteiger partial charge in [-0.25, -0.2) is 34.3 Å². The van der Waals surface area contributed by atoms with Crippen LogP contribution < -0.4 is 21.3 Å². The number of nitrogens with zero attached hydrogens (tertiary/aromatic N) is 14. The number of fused-ring (bicyclic) bond motifs is 9. The third-order valence-corrected chi connectivity index (χ3v) is 26.2. The molecule has 1 aliphatic rings. The van der Waals surface area contributed by atoms with E-state index in [1.165, 1.54) is 119 Å². The summed E-state index contributed by atoms with van der Waals surface area (Å²) in [7, 11) is 0. The SMILES string of the molecule is C#Cc1cncc(-c2cc(NCCc3c[nH]c4ccccc34)c3ncc(C(C)CC)n3c2)c1.CC(CO)c1cnc2c(NCCc3c[nH]c4ccccc34)nc(-c3cncc(F)c3)cn12.CCC(C)c1cnc2c(NCCc3c[nH]c4ccccc34)cc(-c3cnc4ccccn34)cn12.CCC(C)c1cnc2c(NCCc3c[nH]c4ccccc34)cc(-c3cncc(C4CC4)c3)cn12. The number of nitrogens with one attached hydrogen (secondary N) is 8. The van der Waals surface area contributed by atoms with E-state index in [0.717, 1.165) is 143 Å². The molecule has 0 aliphatic heterocycles. The van der Waals surface area contributed by atoms with E-state index in [2.05, 4.69) is 284 Å². The molecule has 4 atom stereocenters. The molecule has 0 radical (unpaired) electrons. The van der Waals surface area contributed by atoms with Crippen molar-refractivity contribution in [3.8, 4) is 57.1 Å². The number of aliphatic hydroxyl groups is 1. The summed E-state index contributed by atoms with van der Waals surface area (Å²) >= 11 is 0. The second kappa shape index (κ2) is 39.1. The number of anilines is 4. The van der Waals surface area contributed by atoms with Crippen LogP contribution in [0.4, 0.5) is 27.3 Å². The molecule has 22 rings (SSSR count). The molecule has 1 aliphatic carbocycles. The highest BCUT2D eigenvalue weighted by Crippen LogP contribution is 2.42. The summed E-state index contributed by atoms with van der Waals surface area (Å²) in [5.74, 6) is 4.72. The fraction of sp³-hybridized carbons (Fsp3) is 0.239. The minimum atomic E-state index is -0.423. The number of pyridine rings is 7. The highest BCUT2D eigenvalue weighted by molar-refractivity contribution is 5.87. The number of aliphatic hydroxyl groups excluding tert-OH is 1. The average Bonchev–Trinajstić information content (AvgIpc) is 1.64. The summed E-state index contributed by atoms with van der Waals surface area (Å²) < 4.78 is 24.6. The standard InChI is InChI=1S/C29H31N5.C28H28N6.C28H27N5.C24H23FN6O/c1-3-19(2)28-17-33-29-27(31-11-10-21-16-32-26-7-5-4-6-25(21)26)13-24(18-34(28)29)23-12-22(14-30-15-23)20-8-9-20;1-3-19(2)25-16-32-28-24(29-12-11-20-15-30-23-9-5-4-8-22(20)23)14-21(18-34(25)28)26-17-31-27-10-6-7-13-33(26)27;1-4-19(3)27-17-32-28-26(30-11-10-21-16-31-25-9-7-6-8-24(21)25)13-23(18-33(27)28)22-12-20(5-2)14-29-15-22;1-15(14-32)22-12-29-24-23(27-7-6-16-10-28-20-5-3-2-4-19(16)20)30-21(13-31(22)24)17-8-18(25)11-26-9-17/h4-7,12-20,31-32H,3,8-11H2,1-2H3;4-10,13-19,29-30H,3,11-12H2,1-2H3;2,6-9,12-19,30-31H,4,10-11H2,1,3H3;2-5,8-13,15,28,32H,6-7,14H2,1H3,(H,27,30). The van der Waals surface area contributed by atoms with Crippen LogP contribution in [0.25, 0.3) is 117 Å². The molecule has 4 unspecified atom stereocenters. The van der Waals surface area contributed by atoms with E-state index in [-0.39, 0.29) is 12.5 Å². The average molecular weight is 1760 g/mol. The minimum Gasteiger partial charge on any atom is -0.396 e. The van der Waals surface area contributed by atoms with Crippen LogP contribution in [0.2, 0.25) is 0 Å². The Morgan fingerprint density at radius 2 is 0.827 bits per heavy atom. The van der Waals surface area contributed by atoms with Crippen molar-refractivity contribution in [3.63, 3.8) is 0 Å². The van der Waals surface area contributed by atoms with Gasteiger partial charge in [-0.2, -0.15) is 0 Å². The highest BCUT2D eigenvalue weighted by atomic mass is 19.1. The summed E-state index contributed by atoms with van der Waals surface area (Å²) in [6, 6.07) is 52.0. The van der Waals surface area contributed by atoms with Crippen LogP contribution in [-0.4, -0.2) is 125 Å². The van der Waals surface area contributed by atoms with Crippen molar-refractivity contribution in [3.05, 3.63) is 338 Å². The van der Waals surface area contributed by atoms with Gasteiger partial charge in [0.1, 0.15) is 11.5 Å². The Balaban J connectivity index is 0.000000114. The van der Waals surface area contributed by atoms with Gasteiger partial charge >= 0.3 is 0 Å². The number of benzene rings is 4. The van der Waals surface area contributed by atoms with Crippen molar-refractivity contribution in [2.75, 3.05) is 54.1 Å². The van der Waals surface area contributed by atoms with Crippen LogP contribution in [0, 0.1) is 18.2 Å². The lowest BCUT2D eigenvalue weighted by atomic mass is 10.0. The normalized spacial score (nSPS) is 13.0. The Kier molecular flexibility index (Phi) is 25.5. The van der Waals surface area contributed by atoms with E-state index >= 15 is 0 Å². The largest absolute Gasteiger partial charge is 0.396 e. The third-order valence-electron chi connectivity index (χ3n) is 26.2. The Hall–Kier alpha value is -15.5. The molecule has 4 aromatic carbocycles. The summed E-state index contributed by atoms with van der Waals surface area (Å²) in [5, 5.41) is 29.1. The predicted molar refractivity (Wildman–Crippen MR) is 536 cm³/mol. The van der Waals surface area contributed by atoms with Gasteiger partial charge in [0, 0.05) is 249 Å². The van der Waals surface area contributed by atoms with Crippen molar-refractivity contribution >= 4 is 94.7 Å². The van der Waals surface area contributed by atoms with Gasteiger partial charge in [0.25, 0.3) is 0 Å². The lowest BCUT2D eigenvalue weighted by Gasteiger charge is -2.14. The van der Waals surface area contributed by atoms with Crippen molar-refractivity contribution in [2.24, 2.45) is 0 Å². The number of aromatic amines is 4. The number of H-pyrrole nitrogens is 4. The Bertz CT molecular complexity index is 7730. The molecule has 17 aromatic heterocycles. The summed E-state index contributed by atoms with van der Waals surface area (Å²) in [5.41, 5.74) is 31.9. The number of imidazole rings is 5. The van der Waals surface area contributed by atoms with Crippen LogP contribution in [0.3, 0.4) is 0 Å². The van der Waals surface area contributed by atoms with Gasteiger partial charge in [-0.3, -0.25) is 23.8 Å². The molecular weight excluding hydrogens is 1650 g/mol. The zero-order valence-corrected chi connectivity index (χ0v) is 75.9. The van der Waals surface area contributed by atoms with Crippen molar-refractivity contribution in [1.82, 2.24) is 86.8 Å². The van der Waals surface area contributed by atoms with Gasteiger partial charge in [-0.1, -0.05) is 133 Å². The van der Waals surface area contributed by atoms with E-state index in [4.69, 9.17) is 26.4 Å². The lowest BCUT2D eigenvalue weighted by molar-refractivity contribution is 0.270. The van der Waals surface area contributed by atoms with Crippen LogP contribution in [0.15, 0.2) is 276 Å². The molecule has 0 bridgehead atoms. The highest BCUT2D eigenvalue weighted by Gasteiger charge is 2.26. The van der Waals surface area contributed by atoms with Gasteiger partial charge < -0.3 is 59.5 Å². The number of para-hydroxylation sites is 4. The Morgan fingerprint density at radius 1 is 0.414 bits per heavy atom. The molecule has 9 N–H and O–H groups in total. The number of halogens is 1. The number of rotatable bonds is 29. The number of hydrogen-bond donors (Lipinski definition) is 9. The molecule has 23 nitrogen and oxygen atoms in total. The smallest absolute Gasteiger partial charge is 0.180 e. The lowest BCUT2D eigenvalue weighted by Crippen LogP contribution is -2.10. The summed E-state index contributed by atoms with van der Waals surface area (Å²) in [6.07, 6.45) is 53.9. The number of aromatic nitrogens is 18. The second-order valence-electron chi connectivity index (χ2n) is 34.9. The minimum absolute atomic E-state index is 0.00367. The molecule has 17 heterocycles. The quantitative estimate of drug-likeness (QED) is 0.0197. The topological polar surface area (TPSA) is 270 Å². The predicted octanol–water partition coefficient (Wildman–Crippen LogP) is 23.4. The van der Waals surface area contributed by atoms with E-state index in [9.17, 15) is 9.50 Å². The molecule has 0 saturated heterocycles. The maximum Gasteiger partial charge on any atom is 0.180 e. The molecule has 1 saturated carbocycles. The molecule has 0 spiro atoms. The molecule has 1 fully saturated rings. The number of hydrogen-bond acceptors (Lipinski definition) is 14. The van der Waals surface area contributed by atoms with E-state index in [1.807, 2.05) is 103 Å². The van der Waals surface area contributed by atoms with Crippen LogP contribution in [-0.2, 0) is 25.7 Å². The van der Waals surface area contributed by atoms with Crippen LogP contribution in [0.5, 0.6) is 0 Å². The molecule has 21 aromatic rings. The first-order valence-electron chi connectivity index (χ1n) is 46.3. The molecular formula is C109H109FN22O. The molecule has 24 heteroatoms. The maximum atomic E-state index is 13.8. The zero-order valence-electron chi connectivity index (χ0n) is 75.9. The first-order valence-corrected chi connectivity index (χ1v) is 46.3. The fourth-order valence-corrected chi connectivity index (χ4v) is 17.9. The first-order chi connectivity index (χ1) is 65.2. The van der Waals surface area contributed by atoms with Gasteiger partial charge in [-0.05, 0) is 182 Å².